The molecule has 1 unspecified atom stereocenters. The van der Waals surface area contributed by atoms with E-state index in [2.05, 4.69) is 96.3 Å². The number of hydrogen-bond acceptors (Lipinski definition) is 4. The van der Waals surface area contributed by atoms with E-state index in [0.717, 1.165) is 6.54 Å². The molecule has 0 radical (unpaired) electrons. The summed E-state index contributed by atoms with van der Waals surface area (Å²) in [5.41, 5.74) is 17.5. The molecule has 2 aromatic carbocycles. The number of Topliss-reactive ketones (excluding diaryl/α,β-unsaturated/α-hetero) is 1. The third-order valence-electron chi connectivity index (χ3n) is 7.69. The molecule has 0 aliphatic heterocycles. The van der Waals surface area contributed by atoms with Crippen molar-refractivity contribution in [3.63, 3.8) is 0 Å². The van der Waals surface area contributed by atoms with E-state index in [1.54, 1.807) is 0 Å². The summed E-state index contributed by atoms with van der Waals surface area (Å²) in [6, 6.07) is 14.2. The van der Waals surface area contributed by atoms with Gasteiger partial charge in [0.25, 0.3) is 0 Å². The van der Waals surface area contributed by atoms with Crippen LogP contribution in [-0.4, -0.2) is 39.0 Å². The van der Waals surface area contributed by atoms with Gasteiger partial charge in [-0.1, -0.05) is 83.5 Å². The zero-order valence-corrected chi connectivity index (χ0v) is 30.2. The van der Waals surface area contributed by atoms with Crippen molar-refractivity contribution in [1.82, 2.24) is 0 Å². The van der Waals surface area contributed by atoms with E-state index in [0.29, 0.717) is 24.3 Å². The maximum Gasteiger partial charge on any atom is 0.303 e. The quantitative estimate of drug-likeness (QED) is 0.193. The fraction of sp³-hybridized carbons (Fsp3) is 0.579. The first-order valence-electron chi connectivity index (χ1n) is 16.6. The molecule has 0 amide bonds. The number of benzene rings is 2. The second kappa shape index (κ2) is 21.3. The number of fused-ring (bicyclic) bond motifs is 1. The number of carbonyl (C=O) groups excluding carboxylic acids is 1. The molecule has 0 saturated carbocycles. The van der Waals surface area contributed by atoms with Crippen molar-refractivity contribution in [3.05, 3.63) is 69.8 Å². The number of ketones is 1. The third kappa shape index (κ3) is 21.0. The van der Waals surface area contributed by atoms with Crippen molar-refractivity contribution in [2.24, 2.45) is 5.41 Å². The second-order valence-electron chi connectivity index (χ2n) is 14.6. The molecule has 9 nitrogen and oxygen atoms in total. The van der Waals surface area contributed by atoms with Crippen molar-refractivity contribution >= 4 is 23.7 Å². The molecule has 9 N–H and O–H groups in total. The Morgan fingerprint density at radius 1 is 0.787 bits per heavy atom. The van der Waals surface area contributed by atoms with Crippen LogP contribution in [0.2, 0.25) is 0 Å². The minimum absolute atomic E-state index is 0.0521. The fourth-order valence-electron chi connectivity index (χ4n) is 4.79. The van der Waals surface area contributed by atoms with Crippen LogP contribution in [0.15, 0.2) is 36.4 Å². The predicted octanol–water partition coefficient (Wildman–Crippen LogP) is 6.09. The summed E-state index contributed by atoms with van der Waals surface area (Å²) in [6.45, 7) is 18.2. The molecule has 1 aliphatic carbocycles. The lowest BCUT2D eigenvalue weighted by molar-refractivity contribution is -0.425. The molecule has 0 heterocycles. The summed E-state index contributed by atoms with van der Waals surface area (Å²) in [7, 11) is 0. The number of aryl methyl sites for hydroxylation is 3. The van der Waals surface area contributed by atoms with E-state index in [1.165, 1.54) is 66.0 Å². The first-order chi connectivity index (χ1) is 21.7. The first-order valence-corrected chi connectivity index (χ1v) is 16.6. The zero-order chi connectivity index (χ0) is 36.4. The molecule has 9 heteroatoms. The summed E-state index contributed by atoms with van der Waals surface area (Å²) in [4.78, 5) is 39.7. The highest BCUT2D eigenvalue weighted by Gasteiger charge is 2.24. The molecule has 0 spiro atoms. The highest BCUT2D eigenvalue weighted by atomic mass is 16.4. The molecule has 0 saturated heterocycles. The molecule has 0 aromatic heterocycles. The molecule has 0 bridgehead atoms. The van der Waals surface area contributed by atoms with Crippen LogP contribution in [0.1, 0.15) is 139 Å². The van der Waals surface area contributed by atoms with Gasteiger partial charge in [0.1, 0.15) is 11.8 Å². The van der Waals surface area contributed by atoms with Crippen molar-refractivity contribution in [2.45, 2.75) is 138 Å². The van der Waals surface area contributed by atoms with E-state index in [9.17, 15) is 19.2 Å². The van der Waals surface area contributed by atoms with Gasteiger partial charge in [-0.3, -0.25) is 14.4 Å². The first kappa shape index (κ1) is 43.4. The zero-order valence-electron chi connectivity index (χ0n) is 30.2. The van der Waals surface area contributed by atoms with E-state index in [4.69, 9.17) is 15.3 Å². The van der Waals surface area contributed by atoms with E-state index < -0.39 is 17.9 Å². The minimum Gasteiger partial charge on any atom is -0.481 e. The van der Waals surface area contributed by atoms with Gasteiger partial charge in [-0.25, -0.2) is 0 Å². The Labute approximate surface area is 282 Å². The monoisotopic (exact) mass is 658 g/mol. The summed E-state index contributed by atoms with van der Waals surface area (Å²) < 4.78 is 0. The van der Waals surface area contributed by atoms with Gasteiger partial charge in [-0.2, -0.15) is 0 Å². The third-order valence-corrected chi connectivity index (χ3v) is 7.69. The van der Waals surface area contributed by atoms with Crippen molar-refractivity contribution < 1.29 is 46.0 Å². The Kier molecular flexibility index (Phi) is 19.7. The van der Waals surface area contributed by atoms with Crippen LogP contribution >= 0.6 is 0 Å². The van der Waals surface area contributed by atoms with Crippen LogP contribution in [0.5, 0.6) is 0 Å². The van der Waals surface area contributed by atoms with Crippen LogP contribution < -0.4 is 11.5 Å². The summed E-state index contributed by atoms with van der Waals surface area (Å²) in [5.74, 6) is -2.68. The lowest BCUT2D eigenvalue weighted by Crippen LogP contribution is -2.52. The summed E-state index contributed by atoms with van der Waals surface area (Å²) in [6.07, 6.45) is 5.88. The number of carboxylic acid groups (broad SMARTS) is 3. The molecule has 47 heavy (non-hydrogen) atoms. The Morgan fingerprint density at radius 3 is 1.77 bits per heavy atom. The Bertz CT molecular complexity index is 1230. The highest BCUT2D eigenvalue weighted by Crippen LogP contribution is 2.32. The van der Waals surface area contributed by atoms with Gasteiger partial charge in [0, 0.05) is 43.2 Å². The molecule has 1 aliphatic rings. The van der Waals surface area contributed by atoms with Gasteiger partial charge in [0.05, 0.1) is 6.54 Å². The van der Waals surface area contributed by atoms with Gasteiger partial charge in [0.15, 0.2) is 0 Å². The smallest absolute Gasteiger partial charge is 0.303 e. The Balaban J connectivity index is 0.000000618. The van der Waals surface area contributed by atoms with Crippen LogP contribution in [0.25, 0.3) is 0 Å². The van der Waals surface area contributed by atoms with Crippen molar-refractivity contribution in [1.29, 1.82) is 0 Å². The average Bonchev–Trinajstić information content (AvgIpc) is 3.31. The number of quaternary nitrogens is 2. The molecule has 1 atom stereocenters. The van der Waals surface area contributed by atoms with Crippen LogP contribution in [-0.2, 0) is 44.0 Å². The van der Waals surface area contributed by atoms with Crippen LogP contribution in [0, 0.1) is 12.3 Å². The van der Waals surface area contributed by atoms with E-state index in [-0.39, 0.29) is 36.9 Å². The number of carbonyl (C=O) groups is 4. The Hall–Kier alpha value is -3.56. The van der Waals surface area contributed by atoms with Gasteiger partial charge in [-0.15, -0.1) is 0 Å². The number of hydrogen-bond donors (Lipinski definition) is 5. The van der Waals surface area contributed by atoms with Crippen LogP contribution in [0.3, 0.4) is 0 Å². The minimum atomic E-state index is -0.948. The van der Waals surface area contributed by atoms with Crippen molar-refractivity contribution in [3.8, 4) is 0 Å². The fourth-order valence-corrected chi connectivity index (χ4v) is 4.79. The molecular formula is C38H62N2O7+2. The second-order valence-corrected chi connectivity index (χ2v) is 14.6. The topological polar surface area (TPSA) is 184 Å². The van der Waals surface area contributed by atoms with Gasteiger partial charge in [-0.05, 0) is 73.5 Å². The normalized spacial score (nSPS) is 13.4. The molecule has 3 rings (SSSR count). The van der Waals surface area contributed by atoms with E-state index >= 15 is 0 Å². The molecule has 2 aromatic rings. The maximum atomic E-state index is 10.2. The van der Waals surface area contributed by atoms with Crippen molar-refractivity contribution in [2.75, 3.05) is 0 Å². The van der Waals surface area contributed by atoms with Crippen LogP contribution in [0.4, 0.5) is 0 Å². The SMILES string of the molecule is CC(=O)CCCC(=O)O.CC(C)(C)c1ccc2c(c1)CCC2[NH3+].Cc1ccc(C[NH3+])c(CCC(C)(C)C)c1.O=C(O)CCCC(=O)O. The molecule has 0 fully saturated rings. The highest BCUT2D eigenvalue weighted by molar-refractivity contribution is 5.76. The lowest BCUT2D eigenvalue weighted by atomic mass is 9.85. The Morgan fingerprint density at radius 2 is 1.32 bits per heavy atom. The van der Waals surface area contributed by atoms with Gasteiger partial charge < -0.3 is 31.6 Å². The maximum absolute atomic E-state index is 10.2. The lowest BCUT2D eigenvalue weighted by Gasteiger charge is -2.20. The predicted molar refractivity (Wildman–Crippen MR) is 186 cm³/mol. The average molecular weight is 659 g/mol. The largest absolute Gasteiger partial charge is 0.481 e. The summed E-state index contributed by atoms with van der Waals surface area (Å²) in [5, 5.41) is 24.2. The number of carboxylic acids is 3. The standard InChI is InChI=1S/C14H23N.C13H19N.C6H10O3.C5H8O4/c1-11-5-6-13(10-15)12(9-11)7-8-14(2,3)4;1-13(2,3)10-5-6-11-9(8-10)4-7-12(11)14;1-5(7)3-2-4-6(8)9;6-4(7)2-1-3-5(8)9/h5-6,9H,7-8,10,15H2,1-4H3;5-6,8,12H,4,7,14H2,1-3H3;2-4H2,1H3,(H,8,9);1-3H2,(H,6,7)(H,8,9)/p+2. The summed E-state index contributed by atoms with van der Waals surface area (Å²) >= 11 is 0. The number of aliphatic carboxylic acids is 3. The molecule has 264 valence electrons. The van der Waals surface area contributed by atoms with E-state index in [1.807, 2.05) is 0 Å². The van der Waals surface area contributed by atoms with Gasteiger partial charge >= 0.3 is 17.9 Å². The van der Waals surface area contributed by atoms with Gasteiger partial charge in [0.2, 0.25) is 0 Å². The molecular weight excluding hydrogens is 596 g/mol. The number of rotatable bonds is 11.